The van der Waals surface area contributed by atoms with Crippen molar-refractivity contribution in [3.8, 4) is 0 Å². The summed E-state index contributed by atoms with van der Waals surface area (Å²) < 4.78 is 59.9. The number of halogens is 2. The van der Waals surface area contributed by atoms with Crippen molar-refractivity contribution in [1.82, 2.24) is 0 Å². The third kappa shape index (κ3) is 3.50. The molecule has 0 aromatic rings. The zero-order valence-electron chi connectivity index (χ0n) is 11.9. The molecule has 1 rings (SSSR count). The topological polar surface area (TPSA) is 121 Å². The Labute approximate surface area is 120 Å². The molecule has 0 heterocycles. The van der Waals surface area contributed by atoms with Crippen LogP contribution < -0.4 is 0 Å². The van der Waals surface area contributed by atoms with Crippen molar-refractivity contribution in [2.45, 2.75) is 50.3 Å². The first-order valence-electron chi connectivity index (χ1n) is 6.02. The van der Waals surface area contributed by atoms with Crippen molar-refractivity contribution in [2.75, 3.05) is 0 Å². The Morgan fingerprint density at radius 3 is 1.62 bits per heavy atom. The molecule has 2 atom stereocenters. The second-order valence-corrected chi connectivity index (χ2v) is 7.68. The lowest BCUT2D eigenvalue weighted by Gasteiger charge is -2.21. The van der Waals surface area contributed by atoms with Crippen molar-refractivity contribution in [3.05, 3.63) is 0 Å². The molecular weight excluding hydrogens is 314 g/mol. The van der Waals surface area contributed by atoms with Gasteiger partial charge in [0.15, 0.2) is 0 Å². The minimum Gasteiger partial charge on any atom is -0.456 e. The maximum atomic E-state index is 13.1. The van der Waals surface area contributed by atoms with E-state index >= 15 is 0 Å². The fourth-order valence-corrected chi connectivity index (χ4v) is 2.67. The number of aliphatic hydroxyl groups is 2. The number of carbonyl (C=O) groups is 1. The highest BCUT2D eigenvalue weighted by Gasteiger charge is 2.67. The standard InChI is InChI=1S/C11H18F2O7S/c1-9(2,15)5-6(10(3,4)16)7(5)20-8(14)11(12,13)21(17,18)19/h5-7,15-16H,1-4H3,(H,17,18,19). The summed E-state index contributed by atoms with van der Waals surface area (Å²) in [6, 6.07) is 0. The summed E-state index contributed by atoms with van der Waals surface area (Å²) in [6.07, 6.45) is -1.29. The predicted octanol–water partition coefficient (Wildman–Crippen LogP) is 0.167. The molecule has 21 heavy (non-hydrogen) atoms. The molecule has 3 N–H and O–H groups in total. The van der Waals surface area contributed by atoms with Gasteiger partial charge in [0.25, 0.3) is 0 Å². The minimum atomic E-state index is -5.96. The van der Waals surface area contributed by atoms with Gasteiger partial charge in [-0.15, -0.1) is 0 Å². The fraction of sp³-hybridized carbons (Fsp3) is 0.909. The van der Waals surface area contributed by atoms with Crippen molar-refractivity contribution in [3.63, 3.8) is 0 Å². The zero-order valence-corrected chi connectivity index (χ0v) is 12.7. The number of carbonyl (C=O) groups excluding carboxylic acids is 1. The van der Waals surface area contributed by atoms with Crippen LogP contribution in [0.25, 0.3) is 0 Å². The molecule has 124 valence electrons. The summed E-state index contributed by atoms with van der Waals surface area (Å²) >= 11 is 0. The molecule has 0 radical (unpaired) electrons. The Morgan fingerprint density at radius 2 is 1.38 bits per heavy atom. The Kier molecular flexibility index (Phi) is 4.19. The molecule has 1 aliphatic carbocycles. The van der Waals surface area contributed by atoms with E-state index in [-0.39, 0.29) is 0 Å². The molecule has 1 saturated carbocycles. The van der Waals surface area contributed by atoms with Crippen LogP contribution in [-0.2, 0) is 19.6 Å². The molecule has 0 bridgehead atoms. The lowest BCUT2D eigenvalue weighted by molar-refractivity contribution is -0.165. The van der Waals surface area contributed by atoms with Gasteiger partial charge in [0.05, 0.1) is 11.2 Å². The van der Waals surface area contributed by atoms with Crippen LogP contribution in [0.2, 0.25) is 0 Å². The van der Waals surface area contributed by atoms with Crippen molar-refractivity contribution >= 4 is 16.1 Å². The van der Waals surface area contributed by atoms with E-state index in [1.807, 2.05) is 0 Å². The summed E-state index contributed by atoms with van der Waals surface area (Å²) in [5.41, 5.74) is -2.88. The molecule has 0 spiro atoms. The van der Waals surface area contributed by atoms with Gasteiger partial charge in [0.2, 0.25) is 0 Å². The number of hydrogen-bond acceptors (Lipinski definition) is 6. The first kappa shape index (κ1) is 18.2. The maximum Gasteiger partial charge on any atom is 0.465 e. The first-order chi connectivity index (χ1) is 9.01. The van der Waals surface area contributed by atoms with E-state index in [9.17, 15) is 32.2 Å². The van der Waals surface area contributed by atoms with Gasteiger partial charge in [0.1, 0.15) is 6.10 Å². The van der Waals surface area contributed by atoms with Gasteiger partial charge in [-0.05, 0) is 27.7 Å². The van der Waals surface area contributed by atoms with Gasteiger partial charge < -0.3 is 14.9 Å². The summed E-state index contributed by atoms with van der Waals surface area (Å²) in [5.74, 6) is -4.15. The van der Waals surface area contributed by atoms with Crippen LogP contribution in [0, 0.1) is 11.8 Å². The van der Waals surface area contributed by atoms with Crippen molar-refractivity contribution < 1.29 is 41.5 Å². The van der Waals surface area contributed by atoms with Gasteiger partial charge in [-0.3, -0.25) is 4.55 Å². The molecule has 7 nitrogen and oxygen atoms in total. The van der Waals surface area contributed by atoms with Gasteiger partial charge in [-0.1, -0.05) is 0 Å². The third-order valence-electron chi connectivity index (χ3n) is 3.39. The van der Waals surface area contributed by atoms with Crippen LogP contribution in [0.3, 0.4) is 0 Å². The van der Waals surface area contributed by atoms with Gasteiger partial charge >= 0.3 is 21.3 Å². The molecule has 0 saturated heterocycles. The molecule has 0 aromatic carbocycles. The van der Waals surface area contributed by atoms with Crippen LogP contribution in [0.4, 0.5) is 8.78 Å². The molecule has 1 fully saturated rings. The highest BCUT2D eigenvalue weighted by atomic mass is 32.2. The van der Waals surface area contributed by atoms with Crippen LogP contribution in [0.15, 0.2) is 0 Å². The summed E-state index contributed by atoms with van der Waals surface area (Å²) in [6.45, 7) is 5.35. The van der Waals surface area contributed by atoms with E-state index in [2.05, 4.69) is 4.74 Å². The molecule has 0 aliphatic heterocycles. The van der Waals surface area contributed by atoms with Crippen LogP contribution in [0.5, 0.6) is 0 Å². The van der Waals surface area contributed by atoms with Crippen molar-refractivity contribution in [1.29, 1.82) is 0 Å². The van der Waals surface area contributed by atoms with E-state index in [0.29, 0.717) is 0 Å². The lowest BCUT2D eigenvalue weighted by atomic mass is 9.94. The average molecular weight is 332 g/mol. The highest BCUT2D eigenvalue weighted by molar-refractivity contribution is 7.87. The Morgan fingerprint density at radius 1 is 1.05 bits per heavy atom. The number of rotatable bonds is 5. The number of ether oxygens (including phenoxy) is 1. The minimum absolute atomic E-state index is 0.848. The highest BCUT2D eigenvalue weighted by Crippen LogP contribution is 2.54. The first-order valence-corrected chi connectivity index (χ1v) is 7.46. The van der Waals surface area contributed by atoms with E-state index < -0.39 is 50.5 Å². The average Bonchev–Trinajstić information content (AvgIpc) is 2.88. The molecular formula is C11H18F2O7S. The normalized spacial score (nSPS) is 27.4. The Hall–Kier alpha value is -0.840. The van der Waals surface area contributed by atoms with Gasteiger partial charge in [-0.2, -0.15) is 17.2 Å². The monoisotopic (exact) mass is 332 g/mol. The summed E-state index contributed by atoms with van der Waals surface area (Å²) in [5, 5.41) is 14.7. The second kappa shape index (κ2) is 4.83. The fourth-order valence-electron chi connectivity index (χ4n) is 2.41. The van der Waals surface area contributed by atoms with E-state index in [4.69, 9.17) is 4.55 Å². The number of hydrogen-bond donors (Lipinski definition) is 3. The molecule has 2 unspecified atom stereocenters. The largest absolute Gasteiger partial charge is 0.465 e. The predicted molar refractivity (Wildman–Crippen MR) is 66.0 cm³/mol. The van der Waals surface area contributed by atoms with E-state index in [1.165, 1.54) is 27.7 Å². The Balaban J connectivity index is 2.96. The van der Waals surface area contributed by atoms with Gasteiger partial charge in [-0.25, -0.2) is 4.79 Å². The summed E-state index contributed by atoms with van der Waals surface area (Å²) in [4.78, 5) is 11.2. The molecule has 0 amide bonds. The zero-order chi connectivity index (χ0) is 17.0. The van der Waals surface area contributed by atoms with Crippen LogP contribution in [0.1, 0.15) is 27.7 Å². The number of esters is 1. The van der Waals surface area contributed by atoms with Crippen LogP contribution >= 0.6 is 0 Å². The maximum absolute atomic E-state index is 13.1. The van der Waals surface area contributed by atoms with Crippen molar-refractivity contribution in [2.24, 2.45) is 11.8 Å². The SMILES string of the molecule is CC(C)(O)C1C(OC(=O)C(F)(F)S(=O)(=O)O)C1C(C)(C)O. The van der Waals surface area contributed by atoms with E-state index in [1.54, 1.807) is 0 Å². The molecule has 0 aromatic heterocycles. The van der Waals surface area contributed by atoms with E-state index in [0.717, 1.165) is 0 Å². The second-order valence-electron chi connectivity index (χ2n) is 6.22. The molecule has 1 aliphatic rings. The lowest BCUT2D eigenvalue weighted by Crippen LogP contribution is -2.40. The smallest absolute Gasteiger partial charge is 0.456 e. The van der Waals surface area contributed by atoms with Gasteiger partial charge in [0, 0.05) is 11.8 Å². The van der Waals surface area contributed by atoms with Crippen LogP contribution in [-0.4, -0.2) is 51.7 Å². The quantitative estimate of drug-likeness (QED) is 0.484. The Bertz CT molecular complexity index is 510. The molecule has 10 heteroatoms. The number of alkyl halides is 2. The third-order valence-corrected chi connectivity index (χ3v) is 4.20. The summed E-state index contributed by atoms with van der Waals surface area (Å²) in [7, 11) is -5.96.